The molecule has 1 aromatic carbocycles. The number of nitrogens with one attached hydrogen (secondary N) is 1. The van der Waals surface area contributed by atoms with E-state index in [1.54, 1.807) is 0 Å². The molecular weight excluding hydrogens is 293 g/mol. The molecule has 0 saturated heterocycles. The summed E-state index contributed by atoms with van der Waals surface area (Å²) in [5.74, 6) is 4.19. The molecule has 21 heavy (non-hydrogen) atoms. The van der Waals surface area contributed by atoms with Crippen LogP contribution < -0.4 is 4.72 Å². The largest absolute Gasteiger partial charge is 0.384 e. The van der Waals surface area contributed by atoms with Gasteiger partial charge in [-0.05, 0) is 30.0 Å². The van der Waals surface area contributed by atoms with E-state index in [1.807, 2.05) is 20.8 Å². The van der Waals surface area contributed by atoms with Crippen LogP contribution in [0, 0.1) is 23.1 Å². The second kappa shape index (κ2) is 6.92. The zero-order chi connectivity index (χ0) is 16.1. The molecule has 0 aliphatic rings. The molecule has 4 nitrogen and oxygen atoms in total. The van der Waals surface area contributed by atoms with Gasteiger partial charge in [-0.3, -0.25) is 4.72 Å². The molecule has 0 heterocycles. The molecule has 0 amide bonds. The molecule has 0 saturated carbocycles. The van der Waals surface area contributed by atoms with E-state index in [2.05, 4.69) is 16.6 Å². The van der Waals surface area contributed by atoms with Gasteiger partial charge in [0.25, 0.3) is 0 Å². The SMILES string of the molecule is CC(C)(C)CCS(=O)(=O)Nc1ccc(F)c(C#CCO)c1. The van der Waals surface area contributed by atoms with Gasteiger partial charge in [0.2, 0.25) is 10.0 Å². The van der Waals surface area contributed by atoms with Crippen LogP contribution in [0.5, 0.6) is 0 Å². The Hall–Kier alpha value is -1.58. The number of rotatable bonds is 4. The number of sulfonamides is 1. The van der Waals surface area contributed by atoms with Crippen molar-refractivity contribution in [2.45, 2.75) is 27.2 Å². The lowest BCUT2D eigenvalue weighted by molar-refractivity contribution is 0.350. The minimum atomic E-state index is -3.49. The van der Waals surface area contributed by atoms with E-state index in [4.69, 9.17) is 5.11 Å². The summed E-state index contributed by atoms with van der Waals surface area (Å²) in [7, 11) is -3.49. The van der Waals surface area contributed by atoms with Crippen LogP contribution in [-0.2, 0) is 10.0 Å². The van der Waals surface area contributed by atoms with Crippen molar-refractivity contribution >= 4 is 15.7 Å². The molecule has 0 aliphatic heterocycles. The summed E-state index contributed by atoms with van der Waals surface area (Å²) in [6.45, 7) is 5.50. The molecule has 1 rings (SSSR count). The van der Waals surface area contributed by atoms with E-state index in [0.717, 1.165) is 6.07 Å². The first-order chi connectivity index (χ1) is 9.63. The van der Waals surface area contributed by atoms with Gasteiger partial charge in [-0.25, -0.2) is 12.8 Å². The molecule has 0 radical (unpaired) electrons. The van der Waals surface area contributed by atoms with Crippen molar-refractivity contribution in [2.24, 2.45) is 5.41 Å². The molecule has 0 aliphatic carbocycles. The fourth-order valence-corrected chi connectivity index (χ4v) is 2.96. The molecule has 0 spiro atoms. The average molecular weight is 313 g/mol. The van der Waals surface area contributed by atoms with Crippen molar-refractivity contribution in [3.05, 3.63) is 29.6 Å². The molecule has 0 unspecified atom stereocenters. The van der Waals surface area contributed by atoms with Gasteiger partial charge in [-0.1, -0.05) is 32.6 Å². The first-order valence-electron chi connectivity index (χ1n) is 6.53. The smallest absolute Gasteiger partial charge is 0.232 e. The van der Waals surface area contributed by atoms with Gasteiger partial charge in [0.05, 0.1) is 11.3 Å². The summed E-state index contributed by atoms with van der Waals surface area (Å²) in [5.41, 5.74) is 0.211. The molecule has 6 heteroatoms. The summed E-state index contributed by atoms with van der Waals surface area (Å²) < 4.78 is 39.8. The minimum Gasteiger partial charge on any atom is -0.384 e. The zero-order valence-electron chi connectivity index (χ0n) is 12.4. The Bertz CT molecular complexity index is 652. The lowest BCUT2D eigenvalue weighted by atomic mass is 9.94. The van der Waals surface area contributed by atoms with Crippen molar-refractivity contribution in [3.63, 3.8) is 0 Å². The fraction of sp³-hybridized carbons (Fsp3) is 0.467. The maximum absolute atomic E-state index is 13.5. The van der Waals surface area contributed by atoms with Gasteiger partial charge >= 0.3 is 0 Å². The molecule has 0 fully saturated rings. The van der Waals surface area contributed by atoms with Gasteiger partial charge in [0, 0.05) is 5.69 Å². The van der Waals surface area contributed by atoms with Crippen LogP contribution in [0.2, 0.25) is 0 Å². The monoisotopic (exact) mass is 313 g/mol. The van der Waals surface area contributed by atoms with Crippen molar-refractivity contribution in [2.75, 3.05) is 17.1 Å². The highest BCUT2D eigenvalue weighted by Gasteiger charge is 2.17. The first-order valence-corrected chi connectivity index (χ1v) is 8.18. The van der Waals surface area contributed by atoms with Crippen LogP contribution in [-0.4, -0.2) is 25.9 Å². The molecule has 0 aromatic heterocycles. The van der Waals surface area contributed by atoms with E-state index in [9.17, 15) is 12.8 Å². The van der Waals surface area contributed by atoms with Crippen molar-refractivity contribution in [3.8, 4) is 11.8 Å². The quantitative estimate of drug-likeness (QED) is 0.839. The van der Waals surface area contributed by atoms with Gasteiger partial charge < -0.3 is 5.11 Å². The molecule has 116 valence electrons. The minimum absolute atomic E-state index is 0.00840. The maximum Gasteiger partial charge on any atom is 0.232 e. The second-order valence-corrected chi connectivity index (χ2v) is 7.73. The predicted octanol–water partition coefficient (Wildman–Crippen LogP) is 2.35. The standard InChI is InChI=1S/C15H20FNO3S/c1-15(2,3)8-10-21(19,20)17-13-6-7-14(16)12(11-13)5-4-9-18/h6-7,11,17-18H,8-10H2,1-3H3. The Labute approximate surface area is 125 Å². The van der Waals surface area contributed by atoms with E-state index < -0.39 is 15.8 Å². The topological polar surface area (TPSA) is 66.4 Å². The van der Waals surface area contributed by atoms with E-state index in [0.29, 0.717) is 6.42 Å². The van der Waals surface area contributed by atoms with Crippen LogP contribution in [0.1, 0.15) is 32.8 Å². The van der Waals surface area contributed by atoms with Gasteiger partial charge in [-0.15, -0.1) is 0 Å². The molecule has 1 aromatic rings. The lowest BCUT2D eigenvalue weighted by Gasteiger charge is -2.18. The average Bonchev–Trinajstić information content (AvgIpc) is 2.36. The lowest BCUT2D eigenvalue weighted by Crippen LogP contribution is -2.21. The number of halogens is 1. The van der Waals surface area contributed by atoms with Crippen molar-refractivity contribution < 1.29 is 17.9 Å². The zero-order valence-corrected chi connectivity index (χ0v) is 13.2. The Morgan fingerprint density at radius 3 is 2.57 bits per heavy atom. The van der Waals surface area contributed by atoms with Gasteiger partial charge in [0.1, 0.15) is 12.4 Å². The Morgan fingerprint density at radius 1 is 1.33 bits per heavy atom. The van der Waals surface area contributed by atoms with Crippen LogP contribution in [0.3, 0.4) is 0 Å². The van der Waals surface area contributed by atoms with Crippen molar-refractivity contribution in [1.29, 1.82) is 0 Å². The van der Waals surface area contributed by atoms with Crippen LogP contribution >= 0.6 is 0 Å². The van der Waals surface area contributed by atoms with Crippen LogP contribution in [0.15, 0.2) is 18.2 Å². The highest BCUT2D eigenvalue weighted by atomic mass is 32.2. The van der Waals surface area contributed by atoms with Crippen molar-refractivity contribution in [1.82, 2.24) is 0 Å². The summed E-state index contributed by atoms with van der Waals surface area (Å²) in [6, 6.07) is 3.80. The third kappa shape index (κ3) is 6.61. The third-order valence-electron chi connectivity index (χ3n) is 2.66. The highest BCUT2D eigenvalue weighted by molar-refractivity contribution is 7.92. The number of aliphatic hydroxyl groups excluding tert-OH is 1. The first kappa shape index (κ1) is 17.5. The summed E-state index contributed by atoms with van der Waals surface area (Å²) in [6.07, 6.45) is 0.515. The number of benzene rings is 1. The van der Waals surface area contributed by atoms with E-state index in [-0.39, 0.29) is 29.0 Å². The van der Waals surface area contributed by atoms with E-state index in [1.165, 1.54) is 12.1 Å². The van der Waals surface area contributed by atoms with Crippen LogP contribution in [0.4, 0.5) is 10.1 Å². The highest BCUT2D eigenvalue weighted by Crippen LogP contribution is 2.21. The second-order valence-electron chi connectivity index (χ2n) is 5.89. The summed E-state index contributed by atoms with van der Waals surface area (Å²) in [4.78, 5) is 0. The molecular formula is C15H20FNO3S. The van der Waals surface area contributed by atoms with Gasteiger partial charge in [-0.2, -0.15) is 0 Å². The number of anilines is 1. The van der Waals surface area contributed by atoms with Crippen LogP contribution in [0.25, 0.3) is 0 Å². The fourth-order valence-electron chi connectivity index (χ4n) is 1.49. The van der Waals surface area contributed by atoms with E-state index >= 15 is 0 Å². The summed E-state index contributed by atoms with van der Waals surface area (Å²) >= 11 is 0. The van der Waals surface area contributed by atoms with Gasteiger partial charge in [0.15, 0.2) is 0 Å². The maximum atomic E-state index is 13.5. The number of aliphatic hydroxyl groups is 1. The Balaban J connectivity index is 2.88. The Kier molecular flexibility index (Phi) is 5.76. The number of hydrogen-bond acceptors (Lipinski definition) is 3. The number of hydrogen-bond donors (Lipinski definition) is 2. The normalized spacial score (nSPS) is 11.7. The third-order valence-corrected chi connectivity index (χ3v) is 3.95. The molecule has 0 atom stereocenters. The summed E-state index contributed by atoms with van der Waals surface area (Å²) in [5, 5.41) is 8.61. The Morgan fingerprint density at radius 2 is 2.00 bits per heavy atom. The predicted molar refractivity (Wildman–Crippen MR) is 81.8 cm³/mol. The molecule has 0 bridgehead atoms. The molecule has 2 N–H and O–H groups in total.